The number of hydrogen-bond acceptors (Lipinski definition) is 3. The number of fused-ring (bicyclic) bond motifs is 2. The van der Waals surface area contributed by atoms with Crippen LogP contribution < -0.4 is 15.8 Å². The lowest BCUT2D eigenvalue weighted by Crippen LogP contribution is -2.49. The van der Waals surface area contributed by atoms with Crippen molar-refractivity contribution in [3.8, 4) is 5.75 Å². The van der Waals surface area contributed by atoms with E-state index in [4.69, 9.17) is 10.5 Å². The summed E-state index contributed by atoms with van der Waals surface area (Å²) in [5, 5.41) is 3.04. The van der Waals surface area contributed by atoms with Gasteiger partial charge in [0.15, 0.2) is 0 Å². The Morgan fingerprint density at radius 2 is 2.04 bits per heavy atom. The first kappa shape index (κ1) is 16.3. The van der Waals surface area contributed by atoms with Crippen molar-refractivity contribution in [1.82, 2.24) is 5.32 Å². The average Bonchev–Trinajstić information content (AvgIpc) is 2.51. The zero-order chi connectivity index (χ0) is 16.2. The van der Waals surface area contributed by atoms with E-state index in [1.54, 1.807) is 0 Å². The van der Waals surface area contributed by atoms with Gasteiger partial charge in [-0.2, -0.15) is 0 Å². The fourth-order valence-electron chi connectivity index (χ4n) is 4.20. The molecule has 3 N–H and O–H groups in total. The summed E-state index contributed by atoms with van der Waals surface area (Å²) in [6.45, 7) is 3.11. The van der Waals surface area contributed by atoms with Crippen molar-refractivity contribution in [3.05, 3.63) is 29.8 Å². The van der Waals surface area contributed by atoms with E-state index in [1.165, 1.54) is 24.8 Å². The second-order valence-corrected chi connectivity index (χ2v) is 7.15. The summed E-state index contributed by atoms with van der Waals surface area (Å²) in [6.07, 6.45) is 5.59. The third-order valence-corrected chi connectivity index (χ3v) is 5.44. The number of amides is 1. The van der Waals surface area contributed by atoms with Gasteiger partial charge in [0.25, 0.3) is 0 Å². The third-order valence-electron chi connectivity index (χ3n) is 5.44. The molecule has 23 heavy (non-hydrogen) atoms. The Balaban J connectivity index is 1.41. The summed E-state index contributed by atoms with van der Waals surface area (Å²) >= 11 is 0. The fourth-order valence-corrected chi connectivity index (χ4v) is 4.20. The second-order valence-electron chi connectivity index (χ2n) is 7.15. The van der Waals surface area contributed by atoms with E-state index in [2.05, 4.69) is 5.32 Å². The van der Waals surface area contributed by atoms with Crippen LogP contribution in [0.5, 0.6) is 5.75 Å². The standard InChI is InChI=1S/C19H28N2O2/c1-13-4-2-7-17(10-13)23-9-8-21-19(22)16-11-14-5-3-6-15(12-16)18(14)20/h2,4,7,10,14-16,18H,3,5-6,8-9,11-12,20H2,1H3,(H,21,22). The maximum absolute atomic E-state index is 12.4. The molecule has 1 amide bonds. The number of carbonyl (C=O) groups is 1. The van der Waals surface area contributed by atoms with Gasteiger partial charge >= 0.3 is 0 Å². The van der Waals surface area contributed by atoms with Crippen molar-refractivity contribution in [2.45, 2.75) is 45.1 Å². The first-order valence-corrected chi connectivity index (χ1v) is 8.86. The number of nitrogens with two attached hydrogens (primary N) is 1. The smallest absolute Gasteiger partial charge is 0.223 e. The quantitative estimate of drug-likeness (QED) is 0.821. The Hall–Kier alpha value is -1.55. The molecule has 2 aliphatic rings. The lowest BCUT2D eigenvalue weighted by molar-refractivity contribution is -0.128. The molecule has 2 aliphatic carbocycles. The Labute approximate surface area is 138 Å². The number of aryl methyl sites for hydroxylation is 1. The highest BCUT2D eigenvalue weighted by Gasteiger charge is 2.40. The monoisotopic (exact) mass is 316 g/mol. The highest BCUT2D eigenvalue weighted by molar-refractivity contribution is 5.78. The molecule has 2 fully saturated rings. The number of benzene rings is 1. The highest BCUT2D eigenvalue weighted by Crippen LogP contribution is 2.41. The largest absolute Gasteiger partial charge is 0.492 e. The van der Waals surface area contributed by atoms with Crippen molar-refractivity contribution < 1.29 is 9.53 Å². The Kier molecular flexibility index (Phi) is 5.21. The van der Waals surface area contributed by atoms with Crippen molar-refractivity contribution in [2.24, 2.45) is 23.5 Å². The molecule has 4 heteroatoms. The Bertz CT molecular complexity index is 532. The lowest BCUT2D eigenvalue weighted by atomic mass is 9.65. The first-order valence-electron chi connectivity index (χ1n) is 8.86. The number of ether oxygens (including phenoxy) is 1. The SMILES string of the molecule is Cc1cccc(OCCNC(=O)C2CC3CCCC(C2)C3N)c1. The first-order chi connectivity index (χ1) is 11.1. The van der Waals surface area contributed by atoms with E-state index in [0.717, 1.165) is 18.6 Å². The molecule has 1 aromatic carbocycles. The molecule has 1 aromatic rings. The molecule has 2 bridgehead atoms. The topological polar surface area (TPSA) is 64.3 Å². The highest BCUT2D eigenvalue weighted by atomic mass is 16.5. The van der Waals surface area contributed by atoms with Crippen LogP contribution in [0.2, 0.25) is 0 Å². The van der Waals surface area contributed by atoms with Crippen molar-refractivity contribution in [3.63, 3.8) is 0 Å². The molecular formula is C19H28N2O2. The molecule has 0 aliphatic heterocycles. The van der Waals surface area contributed by atoms with Crippen molar-refractivity contribution >= 4 is 5.91 Å². The minimum absolute atomic E-state index is 0.143. The minimum Gasteiger partial charge on any atom is -0.492 e. The van der Waals surface area contributed by atoms with Gasteiger partial charge in [-0.15, -0.1) is 0 Å². The van der Waals surface area contributed by atoms with Crippen molar-refractivity contribution in [2.75, 3.05) is 13.2 Å². The predicted octanol–water partition coefficient (Wildman–Crippen LogP) is 2.64. The fraction of sp³-hybridized carbons (Fsp3) is 0.632. The maximum atomic E-state index is 12.4. The van der Waals surface area contributed by atoms with E-state index in [0.29, 0.717) is 31.0 Å². The molecule has 0 saturated heterocycles. The Morgan fingerprint density at radius 3 is 2.74 bits per heavy atom. The van der Waals surface area contributed by atoms with Crippen LogP contribution in [-0.2, 0) is 4.79 Å². The van der Waals surface area contributed by atoms with Crippen LogP contribution in [0.1, 0.15) is 37.7 Å². The van der Waals surface area contributed by atoms with Gasteiger partial charge in [-0.05, 0) is 62.1 Å². The van der Waals surface area contributed by atoms with Gasteiger partial charge in [0.05, 0.1) is 6.54 Å². The second kappa shape index (κ2) is 7.35. The van der Waals surface area contributed by atoms with Gasteiger partial charge in [0.2, 0.25) is 5.91 Å². The van der Waals surface area contributed by atoms with E-state index in [9.17, 15) is 4.79 Å². The van der Waals surface area contributed by atoms with E-state index in [-0.39, 0.29) is 11.8 Å². The van der Waals surface area contributed by atoms with Crippen molar-refractivity contribution in [1.29, 1.82) is 0 Å². The average molecular weight is 316 g/mol. The number of nitrogens with one attached hydrogen (secondary N) is 1. The van der Waals surface area contributed by atoms with Gasteiger partial charge in [0.1, 0.15) is 12.4 Å². The number of carbonyl (C=O) groups excluding carboxylic acids is 1. The van der Waals surface area contributed by atoms with Crippen LogP contribution >= 0.6 is 0 Å². The summed E-state index contributed by atoms with van der Waals surface area (Å²) in [5.74, 6) is 2.27. The zero-order valence-corrected chi connectivity index (χ0v) is 14.0. The third kappa shape index (κ3) is 4.05. The molecule has 3 rings (SSSR count). The van der Waals surface area contributed by atoms with Gasteiger partial charge in [-0.25, -0.2) is 0 Å². The van der Waals surface area contributed by atoms with Gasteiger partial charge < -0.3 is 15.8 Å². The van der Waals surface area contributed by atoms with Crippen LogP contribution in [0.3, 0.4) is 0 Å². The minimum atomic E-state index is 0.143. The molecule has 2 saturated carbocycles. The summed E-state index contributed by atoms with van der Waals surface area (Å²) in [6, 6.07) is 8.29. The molecular weight excluding hydrogens is 288 g/mol. The summed E-state index contributed by atoms with van der Waals surface area (Å²) in [5.41, 5.74) is 7.47. The van der Waals surface area contributed by atoms with Crippen LogP contribution in [0.4, 0.5) is 0 Å². The number of rotatable bonds is 5. The molecule has 2 atom stereocenters. The summed E-state index contributed by atoms with van der Waals surface area (Å²) in [7, 11) is 0. The summed E-state index contributed by atoms with van der Waals surface area (Å²) in [4.78, 5) is 12.4. The normalized spacial score (nSPS) is 29.8. The number of hydrogen-bond donors (Lipinski definition) is 2. The van der Waals surface area contributed by atoms with Gasteiger partial charge in [0, 0.05) is 12.0 Å². The molecule has 126 valence electrons. The van der Waals surface area contributed by atoms with Crippen LogP contribution in [0.15, 0.2) is 24.3 Å². The Morgan fingerprint density at radius 1 is 1.30 bits per heavy atom. The van der Waals surface area contributed by atoms with Crippen LogP contribution in [-0.4, -0.2) is 25.1 Å². The maximum Gasteiger partial charge on any atom is 0.223 e. The van der Waals surface area contributed by atoms with E-state index in [1.807, 2.05) is 31.2 Å². The lowest BCUT2D eigenvalue weighted by Gasteiger charge is -2.43. The molecule has 0 radical (unpaired) electrons. The molecule has 0 aromatic heterocycles. The van der Waals surface area contributed by atoms with Gasteiger partial charge in [-0.1, -0.05) is 18.6 Å². The molecule has 0 heterocycles. The van der Waals surface area contributed by atoms with E-state index < -0.39 is 0 Å². The van der Waals surface area contributed by atoms with Gasteiger partial charge in [-0.3, -0.25) is 4.79 Å². The molecule has 4 nitrogen and oxygen atoms in total. The van der Waals surface area contributed by atoms with Crippen LogP contribution in [0.25, 0.3) is 0 Å². The molecule has 0 spiro atoms. The predicted molar refractivity (Wildman–Crippen MR) is 91.2 cm³/mol. The molecule has 2 unspecified atom stereocenters. The summed E-state index contributed by atoms with van der Waals surface area (Å²) < 4.78 is 5.68. The van der Waals surface area contributed by atoms with E-state index >= 15 is 0 Å². The van der Waals surface area contributed by atoms with Crippen LogP contribution in [0, 0.1) is 24.7 Å². The zero-order valence-electron chi connectivity index (χ0n) is 14.0.